The van der Waals surface area contributed by atoms with Crippen LogP contribution in [0.2, 0.25) is 0 Å². The Morgan fingerprint density at radius 1 is 1.07 bits per heavy atom. The van der Waals surface area contributed by atoms with Crippen LogP contribution in [0.3, 0.4) is 0 Å². The topological polar surface area (TPSA) is 40.5 Å². The smallest absolute Gasteiger partial charge is 0.250 e. The van der Waals surface area contributed by atoms with Gasteiger partial charge in [0.15, 0.2) is 0 Å². The van der Waals surface area contributed by atoms with Gasteiger partial charge in [-0.15, -0.1) is 11.8 Å². The molecule has 2 aromatic carbocycles. The number of hydrogen-bond acceptors (Lipinski definition) is 3. The first-order valence-electron chi connectivity index (χ1n) is 9.77. The van der Waals surface area contributed by atoms with Crippen molar-refractivity contribution in [3.05, 3.63) is 96.1 Å². The molecule has 4 rings (SSSR count). The summed E-state index contributed by atoms with van der Waals surface area (Å²) in [6.45, 7) is 2.23. The SMILES string of the molecule is CCC1(C(SC2CC(=O)N2O)(c2ccccc2)c2ccccc2)C=CC=CC1. The summed E-state index contributed by atoms with van der Waals surface area (Å²) >= 11 is 1.70. The Hall–Kier alpha value is -2.30. The summed E-state index contributed by atoms with van der Waals surface area (Å²) < 4.78 is -0.433. The van der Waals surface area contributed by atoms with Crippen LogP contribution in [0.4, 0.5) is 0 Å². The van der Waals surface area contributed by atoms with Gasteiger partial charge in [0.05, 0.1) is 11.2 Å². The molecule has 2 aliphatic rings. The lowest BCUT2D eigenvalue weighted by atomic mass is 9.63. The Morgan fingerprint density at radius 3 is 2.11 bits per heavy atom. The number of nitrogens with zero attached hydrogens (tertiary/aromatic N) is 1. The lowest BCUT2D eigenvalue weighted by Crippen LogP contribution is -2.53. The van der Waals surface area contributed by atoms with Gasteiger partial charge in [-0.3, -0.25) is 10.0 Å². The largest absolute Gasteiger partial charge is 0.285 e. The third kappa shape index (κ3) is 2.92. The second-order valence-corrected chi connectivity index (χ2v) is 8.82. The standard InChI is InChI=1S/C24H25NO2S/c1-2-23(16-10-5-11-17-23)24(19-12-6-3-7-13-19,20-14-8-4-9-15-20)28-22-18-21(26)25(22)27/h3-16,22,27H,2,17-18H2,1H3. The van der Waals surface area contributed by atoms with Crippen LogP contribution >= 0.6 is 11.8 Å². The molecule has 0 aromatic heterocycles. The summed E-state index contributed by atoms with van der Waals surface area (Å²) in [5.74, 6) is -0.211. The number of carbonyl (C=O) groups is 1. The molecule has 1 heterocycles. The van der Waals surface area contributed by atoms with Crippen LogP contribution in [0.15, 0.2) is 85.0 Å². The Kier molecular flexibility index (Phi) is 5.17. The summed E-state index contributed by atoms with van der Waals surface area (Å²) in [6, 6.07) is 21.0. The van der Waals surface area contributed by atoms with Crippen molar-refractivity contribution in [1.82, 2.24) is 5.06 Å². The molecule has 4 heteroatoms. The summed E-state index contributed by atoms with van der Waals surface area (Å²) in [6.07, 6.45) is 11.0. The van der Waals surface area contributed by atoms with Gasteiger partial charge in [0, 0.05) is 5.41 Å². The molecule has 0 radical (unpaired) electrons. The highest BCUT2D eigenvalue weighted by Crippen LogP contribution is 2.62. The van der Waals surface area contributed by atoms with Gasteiger partial charge >= 0.3 is 0 Å². The van der Waals surface area contributed by atoms with Gasteiger partial charge in [0.25, 0.3) is 0 Å². The van der Waals surface area contributed by atoms with Crippen molar-refractivity contribution in [3.8, 4) is 0 Å². The predicted molar refractivity (Wildman–Crippen MR) is 114 cm³/mol. The van der Waals surface area contributed by atoms with Gasteiger partial charge in [-0.25, -0.2) is 5.06 Å². The summed E-state index contributed by atoms with van der Waals surface area (Å²) in [4.78, 5) is 11.8. The van der Waals surface area contributed by atoms with Gasteiger partial charge in [0.1, 0.15) is 5.37 Å². The fourth-order valence-electron chi connectivity index (χ4n) is 4.45. The number of allylic oxidation sites excluding steroid dienone is 4. The van der Waals surface area contributed by atoms with Crippen molar-refractivity contribution in [3.63, 3.8) is 0 Å². The monoisotopic (exact) mass is 391 g/mol. The molecule has 144 valence electrons. The average molecular weight is 392 g/mol. The summed E-state index contributed by atoms with van der Waals surface area (Å²) in [5.41, 5.74) is 2.22. The average Bonchev–Trinajstić information content (AvgIpc) is 2.78. The van der Waals surface area contributed by atoms with E-state index in [1.807, 2.05) is 12.1 Å². The van der Waals surface area contributed by atoms with E-state index in [0.29, 0.717) is 6.42 Å². The molecule has 1 aliphatic heterocycles. The number of hydroxylamine groups is 2. The third-order valence-corrected chi connectivity index (χ3v) is 7.90. The molecule has 1 saturated heterocycles. The van der Waals surface area contributed by atoms with E-state index >= 15 is 0 Å². The molecule has 2 unspecified atom stereocenters. The molecule has 2 atom stereocenters. The first-order chi connectivity index (χ1) is 13.6. The molecule has 2 aromatic rings. The number of β-lactam (4-membered cyclic amide) rings is 1. The van der Waals surface area contributed by atoms with E-state index in [2.05, 4.69) is 79.8 Å². The van der Waals surface area contributed by atoms with Gasteiger partial charge in [0.2, 0.25) is 5.91 Å². The van der Waals surface area contributed by atoms with Crippen molar-refractivity contribution >= 4 is 17.7 Å². The Labute approximate surface area is 170 Å². The maximum absolute atomic E-state index is 11.8. The van der Waals surface area contributed by atoms with E-state index in [0.717, 1.165) is 17.9 Å². The third-order valence-electron chi connectivity index (χ3n) is 6.03. The maximum atomic E-state index is 11.8. The van der Waals surface area contributed by atoms with Crippen molar-refractivity contribution in [2.24, 2.45) is 5.41 Å². The number of rotatable bonds is 6. The highest BCUT2D eigenvalue weighted by molar-refractivity contribution is 8.01. The zero-order valence-electron chi connectivity index (χ0n) is 16.0. The van der Waals surface area contributed by atoms with Crippen molar-refractivity contribution in [2.75, 3.05) is 0 Å². The number of hydrogen-bond donors (Lipinski definition) is 1. The fraction of sp³-hybridized carbons (Fsp3) is 0.292. The predicted octanol–water partition coefficient (Wildman–Crippen LogP) is 5.52. The minimum absolute atomic E-state index is 0.172. The van der Waals surface area contributed by atoms with E-state index in [4.69, 9.17) is 0 Å². The van der Waals surface area contributed by atoms with E-state index in [9.17, 15) is 10.0 Å². The van der Waals surface area contributed by atoms with Crippen LogP contribution < -0.4 is 0 Å². The highest BCUT2D eigenvalue weighted by atomic mass is 32.2. The first-order valence-corrected chi connectivity index (χ1v) is 10.6. The quantitative estimate of drug-likeness (QED) is 0.520. The van der Waals surface area contributed by atoms with E-state index in [-0.39, 0.29) is 16.7 Å². The first kappa shape index (κ1) is 19.0. The number of carbonyl (C=O) groups excluding carboxylic acids is 1. The van der Waals surface area contributed by atoms with Crippen molar-refractivity contribution in [2.45, 2.75) is 36.3 Å². The molecule has 3 nitrogen and oxygen atoms in total. The zero-order chi connectivity index (χ0) is 19.6. The van der Waals surface area contributed by atoms with Crippen molar-refractivity contribution < 1.29 is 10.0 Å². The van der Waals surface area contributed by atoms with Crippen LogP contribution in [0.25, 0.3) is 0 Å². The Morgan fingerprint density at radius 2 is 1.68 bits per heavy atom. The summed E-state index contributed by atoms with van der Waals surface area (Å²) in [7, 11) is 0. The lowest BCUT2D eigenvalue weighted by molar-refractivity contribution is -0.189. The molecular weight excluding hydrogens is 366 g/mol. The van der Waals surface area contributed by atoms with Crippen LogP contribution in [0, 0.1) is 5.41 Å². The van der Waals surface area contributed by atoms with Gasteiger partial charge < -0.3 is 0 Å². The number of thioether (sulfide) groups is 1. The minimum Gasteiger partial charge on any atom is -0.285 e. The second-order valence-electron chi connectivity index (χ2n) is 7.43. The van der Waals surface area contributed by atoms with Crippen LogP contribution in [-0.4, -0.2) is 21.6 Å². The Balaban J connectivity index is 1.96. The number of benzene rings is 2. The summed E-state index contributed by atoms with van der Waals surface area (Å²) in [5, 5.41) is 10.9. The van der Waals surface area contributed by atoms with Gasteiger partial charge in [-0.2, -0.15) is 0 Å². The lowest BCUT2D eigenvalue weighted by Gasteiger charge is -2.53. The van der Waals surface area contributed by atoms with Gasteiger partial charge in [-0.1, -0.05) is 91.9 Å². The Bertz CT molecular complexity index is 854. The second kappa shape index (κ2) is 7.61. The highest BCUT2D eigenvalue weighted by Gasteiger charge is 2.55. The fourth-order valence-corrected chi connectivity index (χ4v) is 6.38. The zero-order valence-corrected chi connectivity index (χ0v) is 16.8. The van der Waals surface area contributed by atoms with E-state index in [1.165, 1.54) is 11.1 Å². The molecule has 1 fully saturated rings. The van der Waals surface area contributed by atoms with Crippen LogP contribution in [0.1, 0.15) is 37.3 Å². The molecular formula is C24H25NO2S. The number of amides is 1. The molecule has 0 bridgehead atoms. The molecule has 0 saturated carbocycles. The molecule has 0 spiro atoms. The van der Waals surface area contributed by atoms with Gasteiger partial charge in [-0.05, 0) is 24.0 Å². The van der Waals surface area contributed by atoms with Crippen molar-refractivity contribution in [1.29, 1.82) is 0 Å². The maximum Gasteiger partial charge on any atom is 0.250 e. The van der Waals surface area contributed by atoms with E-state index < -0.39 is 4.75 Å². The molecule has 1 aliphatic carbocycles. The molecule has 1 amide bonds. The minimum atomic E-state index is -0.433. The van der Waals surface area contributed by atoms with E-state index in [1.54, 1.807) is 11.8 Å². The molecule has 1 N–H and O–H groups in total. The van der Waals surface area contributed by atoms with Crippen LogP contribution in [0.5, 0.6) is 0 Å². The molecule has 28 heavy (non-hydrogen) atoms. The normalized spacial score (nSPS) is 24.3. The van der Waals surface area contributed by atoms with Crippen LogP contribution in [-0.2, 0) is 9.54 Å².